The summed E-state index contributed by atoms with van der Waals surface area (Å²) in [5.41, 5.74) is 0.291. The van der Waals surface area contributed by atoms with Gasteiger partial charge in [-0.25, -0.2) is 8.42 Å². The zero-order valence-corrected chi connectivity index (χ0v) is 18.9. The van der Waals surface area contributed by atoms with Crippen molar-refractivity contribution in [1.82, 2.24) is 9.21 Å². The first-order valence-electron chi connectivity index (χ1n) is 10.1. The molecule has 1 saturated heterocycles. The lowest BCUT2D eigenvalue weighted by molar-refractivity contribution is -0.117. The fraction of sp³-hybridized carbons (Fsp3) is 0.476. The average molecular weight is 454 g/mol. The van der Waals surface area contributed by atoms with Crippen LogP contribution >= 0.6 is 11.6 Å². The van der Waals surface area contributed by atoms with Gasteiger partial charge in [0.25, 0.3) is 0 Å². The van der Waals surface area contributed by atoms with E-state index in [-0.39, 0.29) is 17.3 Å². The van der Waals surface area contributed by atoms with Crippen molar-refractivity contribution >= 4 is 33.2 Å². The number of nitrogens with zero attached hydrogens (tertiary/aromatic N) is 2. The molecule has 0 bridgehead atoms. The summed E-state index contributed by atoms with van der Waals surface area (Å²) in [6.45, 7) is 3.50. The monoisotopic (exact) mass is 453 g/mol. The van der Waals surface area contributed by atoms with Crippen LogP contribution in [0.15, 0.2) is 39.6 Å². The van der Waals surface area contributed by atoms with Crippen molar-refractivity contribution in [3.05, 3.63) is 46.9 Å². The molecular formula is C21H28ClN3O4S. The van der Waals surface area contributed by atoms with Gasteiger partial charge in [-0.15, -0.1) is 0 Å². The summed E-state index contributed by atoms with van der Waals surface area (Å²) >= 11 is 6.22. The van der Waals surface area contributed by atoms with Gasteiger partial charge in [-0.3, -0.25) is 9.69 Å². The Morgan fingerprint density at radius 1 is 1.17 bits per heavy atom. The number of anilines is 1. The minimum absolute atomic E-state index is 0.110. The van der Waals surface area contributed by atoms with E-state index in [2.05, 4.69) is 5.32 Å². The van der Waals surface area contributed by atoms with E-state index in [1.54, 1.807) is 11.9 Å². The highest BCUT2D eigenvalue weighted by Crippen LogP contribution is 2.28. The summed E-state index contributed by atoms with van der Waals surface area (Å²) in [5, 5.41) is 3.03. The van der Waals surface area contributed by atoms with E-state index < -0.39 is 10.0 Å². The van der Waals surface area contributed by atoms with Gasteiger partial charge in [-0.05, 0) is 57.1 Å². The molecule has 0 saturated carbocycles. The zero-order valence-electron chi connectivity index (χ0n) is 17.4. The van der Waals surface area contributed by atoms with Gasteiger partial charge in [0.2, 0.25) is 15.9 Å². The van der Waals surface area contributed by atoms with Crippen LogP contribution in [0.25, 0.3) is 0 Å². The van der Waals surface area contributed by atoms with Gasteiger partial charge in [0.1, 0.15) is 11.5 Å². The molecule has 0 radical (unpaired) electrons. The number of sulfonamides is 1. The molecule has 2 aromatic rings. The lowest BCUT2D eigenvalue weighted by atomic mass is 10.2. The zero-order chi connectivity index (χ0) is 21.7. The first-order chi connectivity index (χ1) is 14.3. The topological polar surface area (TPSA) is 82.9 Å². The molecule has 2 heterocycles. The van der Waals surface area contributed by atoms with Crippen LogP contribution in [0.3, 0.4) is 0 Å². The summed E-state index contributed by atoms with van der Waals surface area (Å²) in [4.78, 5) is 14.4. The van der Waals surface area contributed by atoms with Crippen molar-refractivity contribution < 1.29 is 17.6 Å². The lowest BCUT2D eigenvalue weighted by Crippen LogP contribution is -2.32. The first-order valence-corrected chi connectivity index (χ1v) is 11.9. The molecular weight excluding hydrogens is 426 g/mol. The Hall–Kier alpha value is -1.87. The van der Waals surface area contributed by atoms with Gasteiger partial charge in [0, 0.05) is 13.1 Å². The number of rotatable bonds is 7. The van der Waals surface area contributed by atoms with E-state index in [4.69, 9.17) is 16.0 Å². The Bertz CT molecular complexity index is 982. The summed E-state index contributed by atoms with van der Waals surface area (Å²) in [7, 11) is -1.82. The van der Waals surface area contributed by atoms with Crippen molar-refractivity contribution in [1.29, 1.82) is 0 Å². The van der Waals surface area contributed by atoms with Crippen LogP contribution in [0.4, 0.5) is 5.69 Å². The van der Waals surface area contributed by atoms with E-state index in [1.165, 1.54) is 22.5 Å². The van der Waals surface area contributed by atoms with E-state index in [0.717, 1.165) is 37.2 Å². The van der Waals surface area contributed by atoms with Crippen molar-refractivity contribution in [2.75, 3.05) is 32.0 Å². The van der Waals surface area contributed by atoms with Crippen LogP contribution in [0, 0.1) is 6.92 Å². The van der Waals surface area contributed by atoms with Crippen molar-refractivity contribution in [3.63, 3.8) is 0 Å². The molecule has 1 aliphatic heterocycles. The van der Waals surface area contributed by atoms with E-state index in [0.29, 0.717) is 30.3 Å². The molecule has 0 spiro atoms. The van der Waals surface area contributed by atoms with Gasteiger partial charge in [0.05, 0.1) is 28.7 Å². The Morgan fingerprint density at radius 2 is 1.87 bits per heavy atom. The molecule has 9 heteroatoms. The normalized spacial score (nSPS) is 15.9. The number of amides is 1. The van der Waals surface area contributed by atoms with Crippen molar-refractivity contribution in [3.8, 4) is 0 Å². The minimum atomic E-state index is -3.62. The fourth-order valence-corrected chi connectivity index (χ4v) is 5.23. The van der Waals surface area contributed by atoms with E-state index in [1.807, 2.05) is 19.1 Å². The van der Waals surface area contributed by atoms with Crippen LogP contribution in [0.1, 0.15) is 37.2 Å². The number of benzene rings is 1. The summed E-state index contributed by atoms with van der Waals surface area (Å²) < 4.78 is 33.1. The highest BCUT2D eigenvalue weighted by Gasteiger charge is 2.26. The number of nitrogens with one attached hydrogen (secondary N) is 1. The van der Waals surface area contributed by atoms with Gasteiger partial charge in [-0.2, -0.15) is 4.31 Å². The van der Waals surface area contributed by atoms with Crippen LogP contribution in [0.5, 0.6) is 0 Å². The van der Waals surface area contributed by atoms with Crippen LogP contribution in [-0.2, 0) is 21.4 Å². The molecule has 1 aromatic heterocycles. The second kappa shape index (κ2) is 9.96. The molecule has 0 unspecified atom stereocenters. The highest BCUT2D eigenvalue weighted by molar-refractivity contribution is 7.89. The van der Waals surface area contributed by atoms with Gasteiger partial charge < -0.3 is 9.73 Å². The molecule has 1 fully saturated rings. The van der Waals surface area contributed by atoms with Gasteiger partial charge in [0.15, 0.2) is 0 Å². The molecule has 1 N–H and O–H groups in total. The van der Waals surface area contributed by atoms with Gasteiger partial charge >= 0.3 is 0 Å². The number of carbonyl (C=O) groups excluding carboxylic acids is 1. The first kappa shape index (κ1) is 22.8. The number of likely N-dealkylation sites (N-methyl/N-ethyl adjacent to an activating group) is 1. The highest BCUT2D eigenvalue weighted by atomic mass is 35.5. The average Bonchev–Trinajstić information content (AvgIpc) is 2.92. The second-order valence-electron chi connectivity index (χ2n) is 7.69. The Morgan fingerprint density at radius 3 is 2.50 bits per heavy atom. The lowest BCUT2D eigenvalue weighted by Gasteiger charge is -2.21. The molecule has 30 heavy (non-hydrogen) atoms. The van der Waals surface area contributed by atoms with Crippen LogP contribution < -0.4 is 5.32 Å². The third-order valence-electron chi connectivity index (χ3n) is 5.05. The predicted octanol–water partition coefficient (Wildman–Crippen LogP) is 3.88. The van der Waals surface area contributed by atoms with Crippen LogP contribution in [-0.4, -0.2) is 50.2 Å². The van der Waals surface area contributed by atoms with E-state index >= 15 is 0 Å². The summed E-state index contributed by atoms with van der Waals surface area (Å²) in [6, 6.07) is 8.19. The maximum Gasteiger partial charge on any atom is 0.243 e. The number of hydrogen-bond acceptors (Lipinski definition) is 5. The molecule has 1 amide bonds. The smallest absolute Gasteiger partial charge is 0.243 e. The number of halogens is 1. The van der Waals surface area contributed by atoms with Gasteiger partial charge in [-0.1, -0.05) is 24.4 Å². The Labute approximate surface area is 183 Å². The van der Waals surface area contributed by atoms with Crippen molar-refractivity contribution in [2.45, 2.75) is 44.0 Å². The molecule has 1 aromatic carbocycles. The third kappa shape index (κ3) is 5.85. The third-order valence-corrected chi connectivity index (χ3v) is 7.27. The van der Waals surface area contributed by atoms with Crippen LogP contribution in [0.2, 0.25) is 5.02 Å². The van der Waals surface area contributed by atoms with Crippen molar-refractivity contribution in [2.24, 2.45) is 0 Å². The predicted molar refractivity (Wildman–Crippen MR) is 117 cm³/mol. The SMILES string of the molecule is Cc1ccc(CN(C)CC(=O)Nc2cc(S(=O)(=O)N3CCCCCC3)ccc2Cl)o1. The number of furan rings is 1. The molecule has 3 rings (SSSR count). The minimum Gasteiger partial charge on any atom is -0.465 e. The second-order valence-corrected chi connectivity index (χ2v) is 10.0. The summed E-state index contributed by atoms with van der Waals surface area (Å²) in [5.74, 6) is 1.30. The molecule has 1 aliphatic rings. The molecule has 7 nitrogen and oxygen atoms in total. The Balaban J connectivity index is 1.67. The number of hydrogen-bond donors (Lipinski definition) is 1. The maximum absolute atomic E-state index is 13.0. The quantitative estimate of drug-likeness (QED) is 0.687. The Kier molecular flexibility index (Phi) is 7.57. The standard InChI is InChI=1S/C21H28ClN3O4S/c1-16-7-8-17(29-16)14-24(2)15-21(26)23-20-13-18(9-10-19(20)22)30(27,28)25-11-5-3-4-6-12-25/h7-10,13H,3-6,11-12,14-15H2,1-2H3,(H,23,26). The molecule has 164 valence electrons. The summed E-state index contributed by atoms with van der Waals surface area (Å²) in [6.07, 6.45) is 3.80. The fourth-order valence-electron chi connectivity index (χ4n) is 3.52. The van der Waals surface area contributed by atoms with E-state index in [9.17, 15) is 13.2 Å². The number of carbonyl (C=O) groups is 1. The maximum atomic E-state index is 13.0. The molecule has 0 aliphatic carbocycles. The number of aryl methyl sites for hydroxylation is 1. The largest absolute Gasteiger partial charge is 0.465 e. The molecule has 0 atom stereocenters.